The number of anilines is 1. The first-order valence-electron chi connectivity index (χ1n) is 7.70. The number of carbonyl (C=O) groups is 3. The molecule has 2 aromatic carbocycles. The van der Waals surface area contributed by atoms with Gasteiger partial charge in [-0.25, -0.2) is 0 Å². The summed E-state index contributed by atoms with van der Waals surface area (Å²) in [5, 5.41) is 5.04. The van der Waals surface area contributed by atoms with Crippen LogP contribution in [0, 0.1) is 0 Å². The molecule has 2 rings (SSSR count). The van der Waals surface area contributed by atoms with Gasteiger partial charge in [-0.3, -0.25) is 14.4 Å². The molecule has 0 saturated heterocycles. The van der Waals surface area contributed by atoms with Gasteiger partial charge in [0.1, 0.15) is 6.54 Å². The summed E-state index contributed by atoms with van der Waals surface area (Å²) in [6.45, 7) is -0.242. The van der Waals surface area contributed by atoms with Gasteiger partial charge < -0.3 is 15.4 Å². The van der Waals surface area contributed by atoms with E-state index in [1.807, 2.05) is 0 Å². The Kier molecular flexibility index (Phi) is 7.30. The van der Waals surface area contributed by atoms with Crippen LogP contribution in [0.25, 0.3) is 0 Å². The molecule has 0 bridgehead atoms. The van der Waals surface area contributed by atoms with Crippen molar-refractivity contribution < 1.29 is 27.9 Å². The smallest absolute Gasteiger partial charge is 0.325 e. The lowest BCUT2D eigenvalue weighted by Crippen LogP contribution is -2.30. The maximum atomic E-state index is 12.3. The normalized spacial score (nSPS) is 10.4. The number of methoxy groups -OCH3 is 1. The van der Waals surface area contributed by atoms with E-state index in [2.05, 4.69) is 15.4 Å². The largest absolute Gasteiger partial charge is 0.468 e. The first kappa shape index (κ1) is 20.4. The number of rotatable bonds is 7. The quantitative estimate of drug-likeness (QED) is 0.557. The minimum Gasteiger partial charge on any atom is -0.468 e. The molecule has 0 saturated carbocycles. The molecule has 142 valence electrons. The van der Waals surface area contributed by atoms with E-state index in [0.29, 0.717) is 33.5 Å². The number of hydrogen-bond donors (Lipinski definition) is 2. The van der Waals surface area contributed by atoms with Crippen LogP contribution in [0.1, 0.15) is 20.7 Å². The summed E-state index contributed by atoms with van der Waals surface area (Å²) in [7, 11) is 1.22. The number of amides is 2. The summed E-state index contributed by atoms with van der Waals surface area (Å²) in [5.74, 6) is -3.95. The van der Waals surface area contributed by atoms with Crippen LogP contribution < -0.4 is 10.6 Å². The van der Waals surface area contributed by atoms with E-state index in [0.717, 1.165) is 0 Å². The molecule has 2 amide bonds. The zero-order valence-electron chi connectivity index (χ0n) is 14.2. The first-order chi connectivity index (χ1) is 12.9. The number of thioether (sulfide) groups is 1. The molecule has 0 aliphatic carbocycles. The highest BCUT2D eigenvalue weighted by Crippen LogP contribution is 2.25. The number of benzene rings is 2. The van der Waals surface area contributed by atoms with Crippen molar-refractivity contribution in [3.05, 3.63) is 59.7 Å². The fourth-order valence-electron chi connectivity index (χ4n) is 2.02. The predicted molar refractivity (Wildman–Crippen MR) is 97.0 cm³/mol. The standard InChI is InChI=1S/C18H16F2N2O4S/c1-26-15(23)10-21-16(24)11-2-6-13(7-3-11)22-17(25)12-4-8-14(9-5-12)27-18(19)20/h2-9,18H,10H2,1H3,(H,21,24)(H,22,25). The molecular formula is C18H16F2N2O4S. The van der Waals surface area contributed by atoms with Gasteiger partial charge in [0.15, 0.2) is 0 Å². The Hall–Kier alpha value is -2.94. The maximum Gasteiger partial charge on any atom is 0.325 e. The van der Waals surface area contributed by atoms with Crippen molar-refractivity contribution in [2.45, 2.75) is 10.7 Å². The average Bonchev–Trinajstić information content (AvgIpc) is 2.66. The van der Waals surface area contributed by atoms with E-state index in [1.54, 1.807) is 0 Å². The van der Waals surface area contributed by atoms with Crippen LogP contribution in [0.15, 0.2) is 53.4 Å². The number of esters is 1. The lowest BCUT2D eigenvalue weighted by atomic mass is 10.1. The number of carbonyl (C=O) groups excluding carboxylic acids is 3. The predicted octanol–water partition coefficient (Wildman–Crippen LogP) is 3.16. The molecule has 2 N–H and O–H groups in total. The van der Waals surface area contributed by atoms with Gasteiger partial charge in [-0.15, -0.1) is 0 Å². The Morgan fingerprint density at radius 2 is 1.52 bits per heavy atom. The zero-order valence-corrected chi connectivity index (χ0v) is 15.0. The number of nitrogens with one attached hydrogen (secondary N) is 2. The summed E-state index contributed by atoms with van der Waals surface area (Å²) < 4.78 is 29.0. The Morgan fingerprint density at radius 3 is 2.07 bits per heavy atom. The maximum absolute atomic E-state index is 12.3. The van der Waals surface area contributed by atoms with E-state index in [1.165, 1.54) is 55.6 Å². The second-order valence-corrected chi connectivity index (χ2v) is 6.26. The molecule has 9 heteroatoms. The Labute approximate surface area is 158 Å². The molecular weight excluding hydrogens is 378 g/mol. The number of hydrogen-bond acceptors (Lipinski definition) is 5. The first-order valence-corrected chi connectivity index (χ1v) is 8.58. The van der Waals surface area contributed by atoms with Crippen LogP contribution in [0.3, 0.4) is 0 Å². The minimum absolute atomic E-state index is 0.242. The van der Waals surface area contributed by atoms with Gasteiger partial charge in [0.05, 0.1) is 7.11 Å². The van der Waals surface area contributed by atoms with Gasteiger partial charge in [-0.2, -0.15) is 8.78 Å². The third-order valence-electron chi connectivity index (χ3n) is 3.37. The van der Waals surface area contributed by atoms with Gasteiger partial charge >= 0.3 is 5.97 Å². The molecule has 0 atom stereocenters. The summed E-state index contributed by atoms with van der Waals surface area (Å²) in [4.78, 5) is 35.4. The molecule has 0 unspecified atom stereocenters. The lowest BCUT2D eigenvalue weighted by molar-refractivity contribution is -0.139. The number of ether oxygens (including phenoxy) is 1. The van der Waals surface area contributed by atoms with Gasteiger partial charge in [0.25, 0.3) is 17.6 Å². The zero-order chi connectivity index (χ0) is 19.8. The molecule has 0 radical (unpaired) electrons. The Morgan fingerprint density at radius 1 is 0.963 bits per heavy atom. The van der Waals surface area contributed by atoms with E-state index >= 15 is 0 Å². The second kappa shape index (κ2) is 9.67. The molecule has 2 aromatic rings. The number of halogens is 2. The van der Waals surface area contributed by atoms with Crippen LogP contribution in [-0.4, -0.2) is 37.2 Å². The van der Waals surface area contributed by atoms with Crippen molar-refractivity contribution in [2.75, 3.05) is 19.0 Å². The van der Waals surface area contributed by atoms with Crippen molar-refractivity contribution in [3.63, 3.8) is 0 Å². The fraction of sp³-hybridized carbons (Fsp3) is 0.167. The Bertz CT molecular complexity index is 811. The van der Waals surface area contributed by atoms with E-state index in [4.69, 9.17) is 0 Å². The van der Waals surface area contributed by atoms with Crippen LogP contribution in [0.2, 0.25) is 0 Å². The van der Waals surface area contributed by atoms with Gasteiger partial charge in [-0.05, 0) is 48.5 Å². The highest BCUT2D eigenvalue weighted by Gasteiger charge is 2.11. The van der Waals surface area contributed by atoms with E-state index in [9.17, 15) is 23.2 Å². The average molecular weight is 394 g/mol. The summed E-state index contributed by atoms with van der Waals surface area (Å²) in [6, 6.07) is 11.8. The molecule has 0 aliphatic rings. The van der Waals surface area contributed by atoms with Crippen LogP contribution in [0.5, 0.6) is 0 Å². The lowest BCUT2D eigenvalue weighted by Gasteiger charge is -2.08. The van der Waals surface area contributed by atoms with Crippen LogP contribution in [-0.2, 0) is 9.53 Å². The Balaban J connectivity index is 1.94. The highest BCUT2D eigenvalue weighted by atomic mass is 32.2. The summed E-state index contributed by atoms with van der Waals surface area (Å²) in [5.41, 5.74) is 1.08. The molecule has 0 spiro atoms. The monoisotopic (exact) mass is 394 g/mol. The topological polar surface area (TPSA) is 84.5 Å². The molecule has 0 aliphatic heterocycles. The van der Waals surface area contributed by atoms with Crippen molar-refractivity contribution in [1.29, 1.82) is 0 Å². The van der Waals surface area contributed by atoms with Gasteiger partial charge in [0, 0.05) is 21.7 Å². The molecule has 27 heavy (non-hydrogen) atoms. The minimum atomic E-state index is -2.52. The van der Waals surface area contributed by atoms with Crippen molar-refractivity contribution in [1.82, 2.24) is 5.32 Å². The van der Waals surface area contributed by atoms with E-state index in [-0.39, 0.29) is 6.54 Å². The third-order valence-corrected chi connectivity index (χ3v) is 4.09. The molecule has 6 nitrogen and oxygen atoms in total. The second-order valence-electron chi connectivity index (χ2n) is 5.19. The SMILES string of the molecule is COC(=O)CNC(=O)c1ccc(NC(=O)c2ccc(SC(F)F)cc2)cc1. The van der Waals surface area contributed by atoms with Crippen molar-refractivity contribution in [3.8, 4) is 0 Å². The van der Waals surface area contributed by atoms with Crippen LogP contribution >= 0.6 is 11.8 Å². The highest BCUT2D eigenvalue weighted by molar-refractivity contribution is 7.99. The third kappa shape index (κ3) is 6.37. The summed E-state index contributed by atoms with van der Waals surface area (Å²) in [6.07, 6.45) is 0. The summed E-state index contributed by atoms with van der Waals surface area (Å²) >= 11 is 0.402. The number of alkyl halides is 2. The van der Waals surface area contributed by atoms with Gasteiger partial charge in [0.2, 0.25) is 0 Å². The molecule has 0 fully saturated rings. The molecule has 0 aromatic heterocycles. The fourth-order valence-corrected chi connectivity index (χ4v) is 2.52. The van der Waals surface area contributed by atoms with Crippen molar-refractivity contribution in [2.24, 2.45) is 0 Å². The van der Waals surface area contributed by atoms with Crippen LogP contribution in [0.4, 0.5) is 14.5 Å². The molecule has 0 heterocycles. The van der Waals surface area contributed by atoms with Crippen molar-refractivity contribution >= 4 is 35.2 Å². The van der Waals surface area contributed by atoms with Gasteiger partial charge in [-0.1, -0.05) is 11.8 Å². The van der Waals surface area contributed by atoms with E-state index < -0.39 is 23.5 Å².